The first-order valence-corrected chi connectivity index (χ1v) is 42.3. The lowest BCUT2D eigenvalue weighted by Gasteiger charge is -2.05. The van der Waals surface area contributed by atoms with E-state index in [4.69, 9.17) is 0 Å². The smallest absolute Gasteiger partial charge is 0.0967 e. The summed E-state index contributed by atoms with van der Waals surface area (Å²) in [7, 11) is 0. The number of hydrogen-bond donors (Lipinski definition) is 0. The lowest BCUT2D eigenvalue weighted by atomic mass is 10.0. The quantitative estimate of drug-likeness (QED) is 0.138. The molecule has 8 heterocycles. The maximum Gasteiger partial charge on any atom is 0.0967 e. The second-order valence-corrected chi connectivity index (χ2v) is 22.7. The predicted molar refractivity (Wildman–Crippen MR) is 516 cm³/mol. The average molecular weight is 1520 g/mol. The number of nitrogens with zero attached hydrogens (tertiary/aromatic N) is 8. The van der Waals surface area contributed by atoms with E-state index < -0.39 is 0 Å². The van der Waals surface area contributed by atoms with Crippen molar-refractivity contribution in [3.8, 4) is 0 Å². The van der Waals surface area contributed by atoms with E-state index >= 15 is 0 Å². The van der Waals surface area contributed by atoms with Gasteiger partial charge in [-0.05, 0) is 152 Å². The molecule has 0 bridgehead atoms. The Kier molecular flexibility index (Phi) is 51.5. The first-order chi connectivity index (χ1) is 56.1. The topological polar surface area (TPSA) is 103 Å². The molecule has 0 radical (unpaired) electrons. The van der Waals surface area contributed by atoms with Crippen LogP contribution in [0.1, 0.15) is 200 Å². The van der Waals surface area contributed by atoms with Gasteiger partial charge in [0.1, 0.15) is 0 Å². The van der Waals surface area contributed by atoms with Gasteiger partial charge < -0.3 is 0 Å². The molecule has 8 nitrogen and oxygen atoms in total. The van der Waals surface area contributed by atoms with Crippen molar-refractivity contribution in [3.05, 3.63) is 313 Å². The van der Waals surface area contributed by atoms with Crippen LogP contribution in [0.4, 0.5) is 0 Å². The Morgan fingerprint density at radius 1 is 0.140 bits per heavy atom. The van der Waals surface area contributed by atoms with Gasteiger partial charge in [-0.2, -0.15) is 0 Å². The zero-order chi connectivity index (χ0) is 85.5. The molecular weight excluding hydrogens is 1390 g/mol. The minimum atomic E-state index is 0.985. The summed E-state index contributed by atoms with van der Waals surface area (Å²) in [5, 5.41) is 19.6. The highest BCUT2D eigenvalue weighted by Gasteiger charge is 2.09. The first-order valence-electron chi connectivity index (χ1n) is 42.3. The number of hydrogen-bond acceptors (Lipinski definition) is 8. The van der Waals surface area contributed by atoms with Crippen LogP contribution >= 0.6 is 0 Å². The number of pyridine rings is 8. The number of aromatic nitrogens is 8. The van der Waals surface area contributed by atoms with Crippen molar-refractivity contribution in [1.82, 2.24) is 39.9 Å². The van der Waals surface area contributed by atoms with Crippen LogP contribution in [0.3, 0.4) is 0 Å². The van der Waals surface area contributed by atoms with Gasteiger partial charge in [0, 0.05) is 114 Å². The predicted octanol–water partition coefficient (Wildman–Crippen LogP) is 33.3. The van der Waals surface area contributed by atoms with E-state index in [-0.39, 0.29) is 0 Å². The van der Waals surface area contributed by atoms with Gasteiger partial charge in [0.15, 0.2) is 0 Å². The fourth-order valence-corrected chi connectivity index (χ4v) is 12.0. The maximum atomic E-state index is 4.45. The molecule has 18 rings (SSSR count). The molecular formula is C106H136N8. The molecule has 8 aromatic heterocycles. The Morgan fingerprint density at radius 3 is 0.912 bits per heavy atom. The molecule has 0 amide bonds. The Bertz CT molecular complexity index is 5320. The fourth-order valence-electron chi connectivity index (χ4n) is 12.0. The SMILES string of the molecule is CC.CC.CC.CC.CC.CC.CC.CC.CC.CC.CC.CC.Cc1cc2cccnc2c2ccccc12.Cc1cc2cccnc2c2ncccc12.Cc1ccc2c(ccc3cccnc32)c1.Cc1ccc2ccc3cccnc3c2c1.Cc1cccc2c1ccc1cccnc12.Cc1ccnc2c1ccc1cccnc12. The van der Waals surface area contributed by atoms with Gasteiger partial charge in [-0.15, -0.1) is 0 Å². The molecule has 0 aliphatic rings. The van der Waals surface area contributed by atoms with Gasteiger partial charge in [0.25, 0.3) is 0 Å². The molecule has 10 aromatic carbocycles. The molecule has 0 atom stereocenters. The van der Waals surface area contributed by atoms with Crippen molar-refractivity contribution in [3.63, 3.8) is 0 Å². The third kappa shape index (κ3) is 27.4. The summed E-state index contributed by atoms with van der Waals surface area (Å²) in [6.45, 7) is 60.7. The highest BCUT2D eigenvalue weighted by molar-refractivity contribution is 6.10. The van der Waals surface area contributed by atoms with Crippen molar-refractivity contribution in [1.29, 1.82) is 0 Å². The Hall–Kier alpha value is -11.5. The van der Waals surface area contributed by atoms with Crippen LogP contribution in [0.25, 0.3) is 130 Å². The normalized spacial score (nSPS) is 9.32. The van der Waals surface area contributed by atoms with Crippen molar-refractivity contribution in [2.24, 2.45) is 0 Å². The molecule has 600 valence electrons. The van der Waals surface area contributed by atoms with E-state index in [0.717, 1.165) is 54.9 Å². The molecule has 0 N–H and O–H groups in total. The van der Waals surface area contributed by atoms with Crippen LogP contribution < -0.4 is 0 Å². The minimum absolute atomic E-state index is 0.985. The second kappa shape index (κ2) is 58.4. The molecule has 114 heavy (non-hydrogen) atoms. The molecule has 0 saturated carbocycles. The van der Waals surface area contributed by atoms with Crippen LogP contribution in [-0.2, 0) is 0 Å². The summed E-state index contributed by atoms with van der Waals surface area (Å²) in [6.07, 6.45) is 14.7. The molecule has 0 fully saturated rings. The van der Waals surface area contributed by atoms with Gasteiger partial charge in [0.05, 0.1) is 44.1 Å². The molecule has 0 aliphatic carbocycles. The van der Waals surface area contributed by atoms with E-state index in [1.165, 1.54) is 109 Å². The zero-order valence-corrected chi connectivity index (χ0v) is 75.1. The van der Waals surface area contributed by atoms with Crippen molar-refractivity contribution >= 4 is 130 Å². The van der Waals surface area contributed by atoms with E-state index in [9.17, 15) is 0 Å². The van der Waals surface area contributed by atoms with E-state index in [0.29, 0.717) is 0 Å². The summed E-state index contributed by atoms with van der Waals surface area (Å²) >= 11 is 0. The first kappa shape index (κ1) is 101. The van der Waals surface area contributed by atoms with E-state index in [2.05, 4.69) is 263 Å². The monoisotopic (exact) mass is 1520 g/mol. The lowest BCUT2D eigenvalue weighted by Crippen LogP contribution is -1.86. The molecule has 0 saturated heterocycles. The number of aryl methyl sites for hydroxylation is 6. The summed E-state index contributed by atoms with van der Waals surface area (Å²) in [6, 6.07) is 79.6. The highest BCUT2D eigenvalue weighted by atomic mass is 14.7. The van der Waals surface area contributed by atoms with Crippen LogP contribution in [0, 0.1) is 41.5 Å². The molecule has 0 unspecified atom stereocenters. The average Bonchev–Trinajstić information content (AvgIpc) is 0.816. The highest BCUT2D eigenvalue weighted by Crippen LogP contribution is 2.31. The third-order valence-electron chi connectivity index (χ3n) is 16.5. The van der Waals surface area contributed by atoms with Gasteiger partial charge in [-0.25, -0.2) is 0 Å². The van der Waals surface area contributed by atoms with Crippen molar-refractivity contribution in [2.75, 3.05) is 0 Å². The Balaban J connectivity index is 0.000000648. The molecule has 18 aromatic rings. The standard InChI is InChI=1S/4C14H11N.2C13H10N2.12C2H6/c1-10-4-2-6-13-12(10)8-7-11-5-3-9-15-14(11)13;1-10-4-7-13-12(9-10)6-5-11-3-2-8-15-14(11)13;1-10-4-5-11-6-7-12-3-2-8-15-14(12)13(11)9-10;1-10-9-11-5-4-8-15-14(11)13-7-3-2-6-12(10)13;1-9-8-10-4-2-6-14-12(10)13-11(9)5-3-7-15-13;1-9-6-8-15-13-11(9)5-4-10-3-2-7-14-12(10)13;12*1-2/h4*2-9H,1H3;2*2-8H,1H3;12*1-2H3. The Labute approximate surface area is 687 Å². The number of fused-ring (bicyclic) bond motifs is 18. The van der Waals surface area contributed by atoms with E-state index in [1.54, 1.807) is 0 Å². The summed E-state index contributed by atoms with van der Waals surface area (Å²) < 4.78 is 0. The van der Waals surface area contributed by atoms with Gasteiger partial charge in [-0.1, -0.05) is 341 Å². The minimum Gasteiger partial charge on any atom is -0.256 e. The maximum absolute atomic E-state index is 4.45. The zero-order valence-electron chi connectivity index (χ0n) is 75.1. The van der Waals surface area contributed by atoms with Crippen LogP contribution in [-0.4, -0.2) is 39.9 Å². The van der Waals surface area contributed by atoms with Crippen LogP contribution in [0.2, 0.25) is 0 Å². The number of benzene rings is 10. The third-order valence-corrected chi connectivity index (χ3v) is 16.5. The Morgan fingerprint density at radius 2 is 0.412 bits per heavy atom. The summed E-state index contributed by atoms with van der Waals surface area (Å²) in [4.78, 5) is 35.4. The molecule has 0 aliphatic heterocycles. The summed E-state index contributed by atoms with van der Waals surface area (Å²) in [5.74, 6) is 0. The largest absolute Gasteiger partial charge is 0.256 e. The number of rotatable bonds is 0. The van der Waals surface area contributed by atoms with Crippen LogP contribution in [0.5, 0.6) is 0 Å². The lowest BCUT2D eigenvalue weighted by molar-refractivity contribution is 1.35. The molecule has 0 spiro atoms. The van der Waals surface area contributed by atoms with Crippen molar-refractivity contribution in [2.45, 2.75) is 208 Å². The molecule has 8 heteroatoms. The van der Waals surface area contributed by atoms with Gasteiger partial charge >= 0.3 is 0 Å². The van der Waals surface area contributed by atoms with Gasteiger partial charge in [-0.3, -0.25) is 39.9 Å². The second-order valence-electron chi connectivity index (χ2n) is 22.7. The van der Waals surface area contributed by atoms with Crippen LogP contribution in [0.15, 0.2) is 280 Å². The van der Waals surface area contributed by atoms with E-state index in [1.807, 2.05) is 264 Å². The van der Waals surface area contributed by atoms with Crippen molar-refractivity contribution < 1.29 is 0 Å². The summed E-state index contributed by atoms with van der Waals surface area (Å²) in [5.41, 5.74) is 16.0. The van der Waals surface area contributed by atoms with Gasteiger partial charge in [0.2, 0.25) is 0 Å². The fraction of sp³-hybridized carbons (Fsp3) is 0.283.